The molecule has 0 saturated carbocycles. The molecule has 20 heavy (non-hydrogen) atoms. The molecule has 0 radical (unpaired) electrons. The van der Waals surface area contributed by atoms with Gasteiger partial charge in [0, 0.05) is 12.6 Å². The van der Waals surface area contributed by atoms with Gasteiger partial charge in [0.2, 0.25) is 0 Å². The molecule has 0 atom stereocenters. The van der Waals surface area contributed by atoms with Gasteiger partial charge in [-0.2, -0.15) is 5.10 Å². The van der Waals surface area contributed by atoms with E-state index in [0.29, 0.717) is 5.69 Å². The van der Waals surface area contributed by atoms with Gasteiger partial charge in [0.1, 0.15) is 5.75 Å². The van der Waals surface area contributed by atoms with Crippen molar-refractivity contribution in [1.82, 2.24) is 9.78 Å². The highest BCUT2D eigenvalue weighted by Gasteiger charge is 2.12. The third kappa shape index (κ3) is 2.47. The van der Waals surface area contributed by atoms with Gasteiger partial charge in [-0.1, -0.05) is 0 Å². The van der Waals surface area contributed by atoms with Gasteiger partial charge in [-0.05, 0) is 43.7 Å². The molecule has 1 heterocycles. The Hall–Kier alpha value is -2.43. The van der Waals surface area contributed by atoms with E-state index in [4.69, 9.17) is 4.74 Å². The zero-order valence-corrected chi connectivity index (χ0v) is 11.9. The zero-order valence-electron chi connectivity index (χ0n) is 11.9. The van der Waals surface area contributed by atoms with Crippen LogP contribution in [-0.2, 0) is 7.05 Å². The fourth-order valence-corrected chi connectivity index (χ4v) is 2.04. The number of aromatic nitrogens is 2. The number of hydrogen-bond acceptors (Lipinski definition) is 4. The molecule has 0 aliphatic heterocycles. The Kier molecular flexibility index (Phi) is 3.70. The Morgan fingerprint density at radius 2 is 2.00 bits per heavy atom. The van der Waals surface area contributed by atoms with Crippen molar-refractivity contribution in [1.29, 1.82) is 0 Å². The van der Waals surface area contributed by atoms with Gasteiger partial charge in [-0.3, -0.25) is 9.59 Å². The highest BCUT2D eigenvalue weighted by atomic mass is 16.5. The highest BCUT2D eigenvalue weighted by molar-refractivity contribution is 5.94. The Labute approximate surface area is 116 Å². The quantitative estimate of drug-likeness (QED) is 0.801. The van der Waals surface area contributed by atoms with E-state index in [-0.39, 0.29) is 16.9 Å². The summed E-state index contributed by atoms with van der Waals surface area (Å²) in [6.07, 6.45) is 0. The van der Waals surface area contributed by atoms with Crippen LogP contribution in [0.2, 0.25) is 0 Å². The second-order valence-electron chi connectivity index (χ2n) is 4.61. The molecular weight excluding hydrogens is 256 g/mol. The fourth-order valence-electron chi connectivity index (χ4n) is 2.04. The Morgan fingerprint density at radius 1 is 1.30 bits per heavy atom. The summed E-state index contributed by atoms with van der Waals surface area (Å²) in [7, 11) is 3.15. The molecule has 0 aliphatic rings. The molecule has 0 amide bonds. The molecular formula is C15H16N2O3. The van der Waals surface area contributed by atoms with Crippen molar-refractivity contribution < 1.29 is 9.53 Å². The minimum atomic E-state index is -0.383. The van der Waals surface area contributed by atoms with Crippen molar-refractivity contribution in [3.05, 3.63) is 45.7 Å². The van der Waals surface area contributed by atoms with Crippen LogP contribution in [0, 0.1) is 6.92 Å². The monoisotopic (exact) mass is 272 g/mol. The maximum atomic E-state index is 11.8. The third-order valence-electron chi connectivity index (χ3n) is 3.13. The van der Waals surface area contributed by atoms with Gasteiger partial charge in [-0.15, -0.1) is 0 Å². The van der Waals surface area contributed by atoms with Crippen LogP contribution in [0.5, 0.6) is 5.75 Å². The van der Waals surface area contributed by atoms with Crippen molar-refractivity contribution in [3.8, 4) is 17.0 Å². The van der Waals surface area contributed by atoms with Crippen LogP contribution in [0.15, 0.2) is 29.1 Å². The summed E-state index contributed by atoms with van der Waals surface area (Å²) in [5.74, 6) is 0.518. The number of Topliss-reactive ketones (excluding diaryl/α,β-unsaturated/α-hetero) is 1. The number of carbonyl (C=O) groups excluding carboxylic acids is 1. The van der Waals surface area contributed by atoms with E-state index >= 15 is 0 Å². The molecule has 0 saturated heterocycles. The number of ether oxygens (including phenoxy) is 1. The average molecular weight is 272 g/mol. The van der Waals surface area contributed by atoms with Crippen LogP contribution < -0.4 is 10.3 Å². The summed E-state index contributed by atoms with van der Waals surface area (Å²) >= 11 is 0. The number of benzene rings is 1. The smallest absolute Gasteiger partial charge is 0.277 e. The van der Waals surface area contributed by atoms with Crippen LogP contribution in [-0.4, -0.2) is 22.7 Å². The van der Waals surface area contributed by atoms with Gasteiger partial charge < -0.3 is 4.74 Å². The average Bonchev–Trinajstić information content (AvgIpc) is 2.41. The molecule has 0 unspecified atom stereocenters. The van der Waals surface area contributed by atoms with E-state index in [0.717, 1.165) is 16.9 Å². The minimum Gasteiger partial charge on any atom is -0.496 e. The summed E-state index contributed by atoms with van der Waals surface area (Å²) in [5, 5.41) is 4.19. The molecule has 1 aromatic carbocycles. The standard InChI is InChI=1S/C15H16N2O3/c1-9-7-11(5-6-14(9)20-4)13-8-12(10(2)18)15(19)17(3)16-13/h5-8H,1-4H3. The second-order valence-corrected chi connectivity index (χ2v) is 4.61. The first kappa shape index (κ1) is 14.0. The van der Waals surface area contributed by atoms with Crippen molar-refractivity contribution in [2.24, 2.45) is 7.05 Å². The van der Waals surface area contributed by atoms with Crippen LogP contribution in [0.3, 0.4) is 0 Å². The molecule has 2 rings (SSSR count). The van der Waals surface area contributed by atoms with Crippen LogP contribution in [0.1, 0.15) is 22.8 Å². The first-order valence-corrected chi connectivity index (χ1v) is 6.18. The van der Waals surface area contributed by atoms with E-state index in [1.54, 1.807) is 7.11 Å². The number of rotatable bonds is 3. The maximum absolute atomic E-state index is 11.8. The van der Waals surface area contributed by atoms with E-state index in [1.165, 1.54) is 24.7 Å². The lowest BCUT2D eigenvalue weighted by molar-refractivity contribution is 0.101. The molecule has 2 aromatic rings. The summed E-state index contributed by atoms with van der Waals surface area (Å²) in [4.78, 5) is 23.3. The minimum absolute atomic E-state index is 0.144. The summed E-state index contributed by atoms with van der Waals surface area (Å²) in [5.41, 5.74) is 2.15. The molecule has 0 spiro atoms. The van der Waals surface area contributed by atoms with Gasteiger partial charge in [-0.25, -0.2) is 4.68 Å². The highest BCUT2D eigenvalue weighted by Crippen LogP contribution is 2.24. The lowest BCUT2D eigenvalue weighted by Crippen LogP contribution is -2.25. The number of nitrogens with zero attached hydrogens (tertiary/aromatic N) is 2. The van der Waals surface area contributed by atoms with Crippen molar-refractivity contribution in [2.45, 2.75) is 13.8 Å². The predicted molar refractivity (Wildman–Crippen MR) is 76.2 cm³/mol. The molecule has 0 N–H and O–H groups in total. The van der Waals surface area contributed by atoms with Crippen LogP contribution in [0.4, 0.5) is 0 Å². The number of ketones is 1. The zero-order chi connectivity index (χ0) is 14.9. The number of methoxy groups -OCH3 is 1. The first-order chi connectivity index (χ1) is 9.43. The van der Waals surface area contributed by atoms with Gasteiger partial charge in [0.05, 0.1) is 18.4 Å². The number of hydrogen-bond donors (Lipinski definition) is 0. The Morgan fingerprint density at radius 3 is 2.55 bits per heavy atom. The van der Waals surface area contributed by atoms with Gasteiger partial charge in [0.25, 0.3) is 5.56 Å². The normalized spacial score (nSPS) is 10.4. The van der Waals surface area contributed by atoms with Gasteiger partial charge in [0.15, 0.2) is 5.78 Å². The topological polar surface area (TPSA) is 61.2 Å². The SMILES string of the molecule is COc1ccc(-c2cc(C(C)=O)c(=O)n(C)n2)cc1C. The molecule has 0 aliphatic carbocycles. The van der Waals surface area contributed by atoms with Crippen molar-refractivity contribution >= 4 is 5.78 Å². The van der Waals surface area contributed by atoms with Gasteiger partial charge >= 0.3 is 0 Å². The molecule has 5 heteroatoms. The number of aryl methyl sites for hydroxylation is 2. The Bertz CT molecular complexity index is 732. The molecule has 0 fully saturated rings. The largest absolute Gasteiger partial charge is 0.496 e. The third-order valence-corrected chi connectivity index (χ3v) is 3.13. The van der Waals surface area contributed by atoms with E-state index in [1.807, 2.05) is 25.1 Å². The van der Waals surface area contributed by atoms with Crippen molar-refractivity contribution in [3.63, 3.8) is 0 Å². The van der Waals surface area contributed by atoms with E-state index in [2.05, 4.69) is 5.10 Å². The van der Waals surface area contributed by atoms with Crippen LogP contribution in [0.25, 0.3) is 11.3 Å². The number of carbonyl (C=O) groups is 1. The summed E-state index contributed by atoms with van der Waals surface area (Å²) in [6.45, 7) is 3.30. The molecule has 5 nitrogen and oxygen atoms in total. The molecule has 0 bridgehead atoms. The lowest BCUT2D eigenvalue weighted by Gasteiger charge is -2.09. The lowest BCUT2D eigenvalue weighted by atomic mass is 10.1. The van der Waals surface area contributed by atoms with E-state index < -0.39 is 0 Å². The Balaban J connectivity index is 2.61. The fraction of sp³-hybridized carbons (Fsp3) is 0.267. The second kappa shape index (κ2) is 5.28. The molecule has 104 valence electrons. The summed E-state index contributed by atoms with van der Waals surface area (Å²) in [6, 6.07) is 7.13. The van der Waals surface area contributed by atoms with Crippen LogP contribution >= 0.6 is 0 Å². The van der Waals surface area contributed by atoms with E-state index in [9.17, 15) is 9.59 Å². The first-order valence-electron chi connectivity index (χ1n) is 6.18. The predicted octanol–water partition coefficient (Wildman–Crippen LogP) is 1.97. The molecule has 1 aromatic heterocycles. The maximum Gasteiger partial charge on any atom is 0.277 e. The summed E-state index contributed by atoms with van der Waals surface area (Å²) < 4.78 is 6.40. The van der Waals surface area contributed by atoms with Crippen molar-refractivity contribution in [2.75, 3.05) is 7.11 Å².